The maximum absolute atomic E-state index is 13.3. The van der Waals surface area contributed by atoms with Crippen LogP contribution in [0.3, 0.4) is 0 Å². The number of carbonyl (C=O) groups excluding carboxylic acids is 1. The Morgan fingerprint density at radius 2 is 1.54 bits per heavy atom. The summed E-state index contributed by atoms with van der Waals surface area (Å²) in [6.45, 7) is -1.57. The highest BCUT2D eigenvalue weighted by molar-refractivity contribution is 5.95. The van der Waals surface area contributed by atoms with Crippen LogP contribution in [0, 0.1) is 11.3 Å². The van der Waals surface area contributed by atoms with Crippen molar-refractivity contribution >= 4 is 5.91 Å². The number of nitriles is 1. The number of hydrogen-bond acceptors (Lipinski definition) is 5. The van der Waals surface area contributed by atoms with Crippen molar-refractivity contribution in [2.45, 2.75) is 19.3 Å². The number of methoxy groups -OCH3 is 2. The van der Waals surface area contributed by atoms with E-state index in [0.29, 0.717) is 16.0 Å². The molecule has 3 rings (SSSR count). The van der Waals surface area contributed by atoms with Gasteiger partial charge < -0.3 is 19.1 Å². The van der Waals surface area contributed by atoms with Crippen LogP contribution in [-0.4, -0.2) is 37.7 Å². The number of benzene rings is 3. The smallest absolute Gasteiger partial charge is 0.406 e. The van der Waals surface area contributed by atoms with Crippen LogP contribution in [0.1, 0.15) is 27.0 Å². The second-order valence-corrected chi connectivity index (χ2v) is 7.57. The van der Waals surface area contributed by atoms with Crippen LogP contribution in [0.5, 0.6) is 17.2 Å². The lowest BCUT2D eigenvalue weighted by Crippen LogP contribution is -2.38. The first kappa shape index (κ1) is 25.4. The van der Waals surface area contributed by atoms with E-state index in [1.165, 1.54) is 50.6 Å². The number of nitrogens with zero attached hydrogens (tertiary/aromatic N) is 2. The number of carbonyl (C=O) groups is 1. The Morgan fingerprint density at radius 3 is 2.06 bits per heavy atom. The molecule has 0 saturated heterocycles. The van der Waals surface area contributed by atoms with Gasteiger partial charge in [0.2, 0.25) is 5.75 Å². The summed E-state index contributed by atoms with van der Waals surface area (Å²) in [6, 6.07) is 19.9. The second kappa shape index (κ2) is 11.3. The highest BCUT2D eigenvalue weighted by Crippen LogP contribution is 2.39. The zero-order valence-electron chi connectivity index (χ0n) is 19.1. The molecule has 9 heteroatoms. The molecule has 0 saturated carbocycles. The number of rotatable bonds is 9. The molecule has 3 aromatic carbocycles. The van der Waals surface area contributed by atoms with E-state index in [0.717, 1.165) is 5.56 Å². The fourth-order valence-corrected chi connectivity index (χ4v) is 3.38. The van der Waals surface area contributed by atoms with Gasteiger partial charge in [0.15, 0.2) is 11.5 Å². The van der Waals surface area contributed by atoms with E-state index in [9.17, 15) is 18.0 Å². The number of ether oxygens (including phenoxy) is 3. The van der Waals surface area contributed by atoms with E-state index in [1.807, 2.05) is 36.4 Å². The molecule has 182 valence electrons. The van der Waals surface area contributed by atoms with Crippen LogP contribution < -0.4 is 14.2 Å². The van der Waals surface area contributed by atoms with Crippen LogP contribution in [0.25, 0.3) is 0 Å². The van der Waals surface area contributed by atoms with Crippen molar-refractivity contribution in [3.8, 4) is 23.3 Å². The molecule has 0 bridgehead atoms. The molecule has 0 spiro atoms. The highest BCUT2D eigenvalue weighted by atomic mass is 19.4. The second-order valence-electron chi connectivity index (χ2n) is 7.57. The third-order valence-electron chi connectivity index (χ3n) is 5.05. The highest BCUT2D eigenvalue weighted by Gasteiger charge is 2.34. The Hall–Kier alpha value is -4.19. The van der Waals surface area contributed by atoms with Gasteiger partial charge in [-0.1, -0.05) is 42.5 Å². The zero-order valence-corrected chi connectivity index (χ0v) is 19.1. The van der Waals surface area contributed by atoms with Gasteiger partial charge in [0.25, 0.3) is 5.91 Å². The monoisotopic (exact) mass is 484 g/mol. The molecule has 0 aliphatic heterocycles. The van der Waals surface area contributed by atoms with Crippen molar-refractivity contribution in [2.75, 3.05) is 20.8 Å². The molecular formula is C26H23F3N2O4. The predicted molar refractivity (Wildman–Crippen MR) is 122 cm³/mol. The zero-order chi connectivity index (χ0) is 25.4. The van der Waals surface area contributed by atoms with Crippen molar-refractivity contribution in [3.63, 3.8) is 0 Å². The Kier molecular flexibility index (Phi) is 8.21. The van der Waals surface area contributed by atoms with E-state index in [1.54, 1.807) is 0 Å². The van der Waals surface area contributed by atoms with Crippen LogP contribution >= 0.6 is 0 Å². The van der Waals surface area contributed by atoms with Crippen LogP contribution in [0.2, 0.25) is 0 Å². The van der Waals surface area contributed by atoms with Crippen LogP contribution in [-0.2, 0) is 13.2 Å². The molecule has 0 unspecified atom stereocenters. The van der Waals surface area contributed by atoms with E-state index in [4.69, 9.17) is 19.5 Å². The Labute approximate surface area is 201 Å². The Morgan fingerprint density at radius 1 is 0.943 bits per heavy atom. The summed E-state index contributed by atoms with van der Waals surface area (Å²) in [4.78, 5) is 13.9. The third-order valence-corrected chi connectivity index (χ3v) is 5.05. The molecule has 0 aliphatic carbocycles. The normalized spacial score (nSPS) is 10.9. The first-order valence-corrected chi connectivity index (χ1v) is 10.5. The van der Waals surface area contributed by atoms with E-state index < -0.39 is 18.6 Å². The number of amides is 1. The summed E-state index contributed by atoms with van der Waals surface area (Å²) >= 11 is 0. The number of alkyl halides is 3. The van der Waals surface area contributed by atoms with Crippen molar-refractivity contribution in [1.29, 1.82) is 5.26 Å². The molecule has 35 heavy (non-hydrogen) atoms. The summed E-state index contributed by atoms with van der Waals surface area (Å²) in [5.41, 5.74) is 1.64. The summed E-state index contributed by atoms with van der Waals surface area (Å²) < 4.78 is 56.5. The molecule has 0 N–H and O–H groups in total. The van der Waals surface area contributed by atoms with E-state index in [-0.39, 0.29) is 36.0 Å². The van der Waals surface area contributed by atoms with Crippen molar-refractivity contribution in [2.24, 2.45) is 0 Å². The fourth-order valence-electron chi connectivity index (χ4n) is 3.38. The molecule has 0 aliphatic rings. The minimum atomic E-state index is -4.62. The fraction of sp³-hybridized carbons (Fsp3) is 0.231. The topological polar surface area (TPSA) is 71.8 Å². The van der Waals surface area contributed by atoms with Crippen molar-refractivity contribution in [3.05, 3.63) is 89.0 Å². The van der Waals surface area contributed by atoms with Gasteiger partial charge in [0.1, 0.15) is 13.2 Å². The quantitative estimate of drug-likeness (QED) is 0.409. The van der Waals surface area contributed by atoms with Gasteiger partial charge in [-0.3, -0.25) is 4.79 Å². The van der Waals surface area contributed by atoms with Crippen LogP contribution in [0.4, 0.5) is 13.2 Å². The third kappa shape index (κ3) is 6.90. The van der Waals surface area contributed by atoms with Gasteiger partial charge in [0, 0.05) is 12.1 Å². The lowest BCUT2D eigenvalue weighted by atomic mass is 10.1. The average molecular weight is 484 g/mol. The molecule has 0 atom stereocenters. The minimum absolute atomic E-state index is 0.0522. The van der Waals surface area contributed by atoms with Gasteiger partial charge in [-0.25, -0.2) is 0 Å². The summed E-state index contributed by atoms with van der Waals surface area (Å²) in [5, 5.41) is 8.93. The Bertz CT molecular complexity index is 1160. The van der Waals surface area contributed by atoms with Gasteiger partial charge >= 0.3 is 6.18 Å². The van der Waals surface area contributed by atoms with Gasteiger partial charge in [-0.15, -0.1) is 0 Å². The molecule has 6 nitrogen and oxygen atoms in total. The maximum Gasteiger partial charge on any atom is 0.406 e. The molecule has 0 aromatic heterocycles. The predicted octanol–water partition coefficient (Wildman–Crippen LogP) is 5.36. The molecule has 0 fully saturated rings. The first-order chi connectivity index (χ1) is 16.7. The Balaban J connectivity index is 1.91. The van der Waals surface area contributed by atoms with Crippen molar-refractivity contribution < 1.29 is 32.2 Å². The lowest BCUT2D eigenvalue weighted by Gasteiger charge is -2.25. The minimum Gasteiger partial charge on any atom is -0.493 e. The van der Waals surface area contributed by atoms with E-state index in [2.05, 4.69) is 0 Å². The van der Waals surface area contributed by atoms with Crippen molar-refractivity contribution in [1.82, 2.24) is 4.90 Å². The molecule has 0 radical (unpaired) electrons. The molecule has 0 heterocycles. The summed E-state index contributed by atoms with van der Waals surface area (Å²) in [6.07, 6.45) is -4.62. The van der Waals surface area contributed by atoms with Gasteiger partial charge in [-0.05, 0) is 35.4 Å². The van der Waals surface area contributed by atoms with Crippen LogP contribution in [0.15, 0.2) is 66.7 Å². The first-order valence-electron chi connectivity index (χ1n) is 10.5. The van der Waals surface area contributed by atoms with Gasteiger partial charge in [0.05, 0.1) is 25.9 Å². The SMILES string of the molecule is COc1cc(C(=O)N(Cc2ccc(C#N)cc2)CC(F)(F)F)cc(OC)c1OCc1ccccc1. The standard InChI is InChI=1S/C26H23F3N2O4/c1-33-22-12-21(13-23(34-2)24(22)35-16-20-6-4-3-5-7-20)25(32)31(17-26(27,28)29)15-19-10-8-18(14-30)9-11-19/h3-13H,15-17H2,1-2H3. The summed E-state index contributed by atoms with van der Waals surface area (Å²) in [5.74, 6) is -0.342. The summed E-state index contributed by atoms with van der Waals surface area (Å²) in [7, 11) is 2.73. The maximum atomic E-state index is 13.3. The molecule has 3 aromatic rings. The van der Waals surface area contributed by atoms with Gasteiger partial charge in [-0.2, -0.15) is 18.4 Å². The largest absolute Gasteiger partial charge is 0.493 e. The number of halogens is 3. The molecular weight excluding hydrogens is 461 g/mol. The molecule has 1 amide bonds. The lowest BCUT2D eigenvalue weighted by molar-refractivity contribution is -0.141. The average Bonchev–Trinajstić information content (AvgIpc) is 2.86. The van der Waals surface area contributed by atoms with E-state index >= 15 is 0 Å². The number of hydrogen-bond donors (Lipinski definition) is 0.